The molecule has 32 heavy (non-hydrogen) atoms. The number of ether oxygens (including phenoxy) is 1. The number of benzene rings is 2. The molecule has 1 aliphatic carbocycles. The maximum atomic E-state index is 13.5. The van der Waals surface area contributed by atoms with E-state index in [9.17, 15) is 13.2 Å². The van der Waals surface area contributed by atoms with E-state index in [1.807, 2.05) is 30.3 Å². The van der Waals surface area contributed by atoms with Crippen LogP contribution in [-0.2, 0) is 21.4 Å². The summed E-state index contributed by atoms with van der Waals surface area (Å²) >= 11 is 0. The second-order valence-electron chi connectivity index (χ2n) is 8.50. The smallest absolute Gasteiger partial charge is 0.243 e. The summed E-state index contributed by atoms with van der Waals surface area (Å²) in [6, 6.07) is 14.3. The zero-order valence-electron chi connectivity index (χ0n) is 19.0. The third-order valence-electron chi connectivity index (χ3n) is 6.00. The average molecular weight is 459 g/mol. The number of nitrogens with zero attached hydrogens (tertiary/aromatic N) is 1. The van der Waals surface area contributed by atoms with Gasteiger partial charge in [-0.1, -0.05) is 62.4 Å². The van der Waals surface area contributed by atoms with Crippen LogP contribution in [0.25, 0.3) is 0 Å². The van der Waals surface area contributed by atoms with Gasteiger partial charge in [-0.25, -0.2) is 8.42 Å². The van der Waals surface area contributed by atoms with E-state index in [0.29, 0.717) is 5.75 Å². The zero-order chi connectivity index (χ0) is 23.0. The van der Waals surface area contributed by atoms with Crippen molar-refractivity contribution in [2.45, 2.75) is 69.4 Å². The molecule has 1 fully saturated rings. The molecule has 174 valence electrons. The van der Waals surface area contributed by atoms with E-state index < -0.39 is 10.0 Å². The predicted octanol–water partition coefficient (Wildman–Crippen LogP) is 4.42. The number of hydrogen-bond donors (Lipinski definition) is 1. The number of carbonyl (C=O) groups is 1. The lowest BCUT2D eigenvalue weighted by Crippen LogP contribution is -2.44. The van der Waals surface area contributed by atoms with Crippen LogP contribution in [0.2, 0.25) is 0 Å². The van der Waals surface area contributed by atoms with Crippen LogP contribution in [0.5, 0.6) is 5.75 Å². The third-order valence-corrected chi connectivity index (χ3v) is 7.78. The molecule has 2 aromatic carbocycles. The van der Waals surface area contributed by atoms with Crippen molar-refractivity contribution in [3.8, 4) is 5.75 Å². The first-order valence-corrected chi connectivity index (χ1v) is 12.8. The quantitative estimate of drug-likeness (QED) is 0.635. The van der Waals surface area contributed by atoms with Crippen LogP contribution in [0.1, 0.15) is 56.1 Å². The molecule has 0 aromatic heterocycles. The Morgan fingerprint density at radius 3 is 2.31 bits per heavy atom. The van der Waals surface area contributed by atoms with Crippen LogP contribution in [0.4, 0.5) is 0 Å². The van der Waals surface area contributed by atoms with Gasteiger partial charge in [-0.15, -0.1) is 0 Å². The lowest BCUT2D eigenvalue weighted by atomic mass is 9.97. The van der Waals surface area contributed by atoms with Gasteiger partial charge in [-0.2, -0.15) is 4.31 Å². The van der Waals surface area contributed by atoms with Crippen LogP contribution in [-0.4, -0.2) is 38.3 Å². The van der Waals surface area contributed by atoms with Gasteiger partial charge < -0.3 is 10.1 Å². The summed E-state index contributed by atoms with van der Waals surface area (Å²) in [7, 11) is -2.33. The summed E-state index contributed by atoms with van der Waals surface area (Å²) in [5.41, 5.74) is 1.56. The van der Waals surface area contributed by atoms with Crippen LogP contribution in [0.3, 0.4) is 0 Å². The van der Waals surface area contributed by atoms with Crippen molar-refractivity contribution >= 4 is 15.9 Å². The fraction of sp³-hybridized carbons (Fsp3) is 0.480. The first-order valence-electron chi connectivity index (χ1n) is 11.4. The molecule has 1 amide bonds. The highest BCUT2D eigenvalue weighted by Crippen LogP contribution is 2.25. The van der Waals surface area contributed by atoms with Crippen LogP contribution in [0, 0.1) is 6.92 Å². The second kappa shape index (κ2) is 11.5. The minimum Gasteiger partial charge on any atom is -0.496 e. The molecule has 3 rings (SSSR count). The van der Waals surface area contributed by atoms with Crippen molar-refractivity contribution in [1.82, 2.24) is 9.62 Å². The molecule has 0 unspecified atom stereocenters. The Balaban J connectivity index is 1.81. The molecule has 7 heteroatoms. The van der Waals surface area contributed by atoms with E-state index in [2.05, 4.69) is 5.32 Å². The van der Waals surface area contributed by atoms with E-state index in [1.165, 1.54) is 29.6 Å². The Kier molecular flexibility index (Phi) is 8.70. The number of rotatable bonds is 8. The van der Waals surface area contributed by atoms with Crippen molar-refractivity contribution in [2.24, 2.45) is 0 Å². The van der Waals surface area contributed by atoms with Crippen molar-refractivity contribution in [1.29, 1.82) is 0 Å². The fourth-order valence-electron chi connectivity index (χ4n) is 4.21. The van der Waals surface area contributed by atoms with Crippen LogP contribution >= 0.6 is 0 Å². The maximum Gasteiger partial charge on any atom is 0.243 e. The summed E-state index contributed by atoms with van der Waals surface area (Å²) in [6.07, 6.45) is 7.74. The third kappa shape index (κ3) is 6.56. The summed E-state index contributed by atoms with van der Waals surface area (Å²) in [4.78, 5) is 13.1. The topological polar surface area (TPSA) is 75.7 Å². The summed E-state index contributed by atoms with van der Waals surface area (Å²) in [5, 5.41) is 3.09. The van der Waals surface area contributed by atoms with Gasteiger partial charge in [0.15, 0.2) is 0 Å². The standard InChI is InChI=1S/C25H34N2O4S/c1-20-17-23(15-16-24(20)31-2)32(29,30)27(18-21-11-7-6-8-12-21)19-25(28)26-22-13-9-4-3-5-10-14-22/h6-8,11-12,15-17,22H,3-5,9-10,13-14,18-19H2,1-2H3,(H,26,28). The first kappa shape index (κ1) is 24.3. The van der Waals surface area contributed by atoms with Gasteiger partial charge in [0.2, 0.25) is 15.9 Å². The van der Waals surface area contributed by atoms with Gasteiger partial charge in [0.1, 0.15) is 5.75 Å². The highest BCUT2D eigenvalue weighted by Gasteiger charge is 2.28. The second-order valence-corrected chi connectivity index (χ2v) is 10.4. The molecule has 0 spiro atoms. The van der Waals surface area contributed by atoms with Crippen molar-refractivity contribution in [2.75, 3.05) is 13.7 Å². The van der Waals surface area contributed by atoms with E-state index in [4.69, 9.17) is 4.74 Å². The molecule has 0 atom stereocenters. The number of sulfonamides is 1. The lowest BCUT2D eigenvalue weighted by Gasteiger charge is -2.25. The number of aryl methyl sites for hydroxylation is 1. The number of amides is 1. The summed E-state index contributed by atoms with van der Waals surface area (Å²) in [5.74, 6) is 0.376. The molecule has 2 aromatic rings. The average Bonchev–Trinajstić information content (AvgIpc) is 2.75. The molecular formula is C25H34N2O4S. The minimum atomic E-state index is -3.88. The van der Waals surface area contributed by atoms with Crippen molar-refractivity contribution in [3.05, 3.63) is 59.7 Å². The molecule has 0 radical (unpaired) electrons. The fourth-order valence-corrected chi connectivity index (χ4v) is 5.68. The Labute approximate surface area is 192 Å². The molecule has 1 aliphatic rings. The molecule has 0 bridgehead atoms. The minimum absolute atomic E-state index is 0.118. The number of nitrogens with one attached hydrogen (secondary N) is 1. The Hall–Kier alpha value is -2.38. The summed E-state index contributed by atoms with van der Waals surface area (Å²) < 4.78 is 33.6. The van der Waals surface area contributed by atoms with Gasteiger partial charge in [0.05, 0.1) is 18.6 Å². The van der Waals surface area contributed by atoms with Gasteiger partial charge >= 0.3 is 0 Å². The van der Waals surface area contributed by atoms with Crippen LogP contribution < -0.4 is 10.1 Å². The zero-order valence-corrected chi connectivity index (χ0v) is 19.9. The molecule has 0 heterocycles. The molecule has 1 N–H and O–H groups in total. The highest BCUT2D eigenvalue weighted by molar-refractivity contribution is 7.89. The Bertz CT molecular complexity index is 984. The first-order chi connectivity index (χ1) is 15.4. The number of hydrogen-bond acceptors (Lipinski definition) is 4. The van der Waals surface area contributed by atoms with Gasteiger partial charge in [0, 0.05) is 12.6 Å². The van der Waals surface area contributed by atoms with E-state index in [0.717, 1.165) is 36.8 Å². The molecule has 0 saturated heterocycles. The normalized spacial score (nSPS) is 15.7. The SMILES string of the molecule is COc1ccc(S(=O)(=O)N(CC(=O)NC2CCCCCCC2)Cc2ccccc2)cc1C. The van der Waals surface area contributed by atoms with Crippen molar-refractivity contribution < 1.29 is 17.9 Å². The van der Waals surface area contributed by atoms with Gasteiger partial charge in [-0.3, -0.25) is 4.79 Å². The number of methoxy groups -OCH3 is 1. The monoisotopic (exact) mass is 458 g/mol. The van der Waals surface area contributed by atoms with Crippen LogP contribution in [0.15, 0.2) is 53.4 Å². The molecule has 0 aliphatic heterocycles. The van der Waals surface area contributed by atoms with E-state index in [-0.39, 0.29) is 29.9 Å². The highest BCUT2D eigenvalue weighted by atomic mass is 32.2. The van der Waals surface area contributed by atoms with Gasteiger partial charge in [-0.05, 0) is 49.1 Å². The van der Waals surface area contributed by atoms with E-state index in [1.54, 1.807) is 26.2 Å². The number of carbonyl (C=O) groups excluding carboxylic acids is 1. The summed E-state index contributed by atoms with van der Waals surface area (Å²) in [6.45, 7) is 1.73. The largest absolute Gasteiger partial charge is 0.496 e. The molecular weight excluding hydrogens is 424 g/mol. The molecule has 6 nitrogen and oxygen atoms in total. The Morgan fingerprint density at radius 2 is 1.69 bits per heavy atom. The van der Waals surface area contributed by atoms with Crippen molar-refractivity contribution in [3.63, 3.8) is 0 Å². The molecule has 1 saturated carbocycles. The Morgan fingerprint density at radius 1 is 1.03 bits per heavy atom. The van der Waals surface area contributed by atoms with Gasteiger partial charge in [0.25, 0.3) is 0 Å². The van der Waals surface area contributed by atoms with E-state index >= 15 is 0 Å². The lowest BCUT2D eigenvalue weighted by molar-refractivity contribution is -0.122. The predicted molar refractivity (Wildman–Crippen MR) is 126 cm³/mol. The maximum absolute atomic E-state index is 13.5.